The quantitative estimate of drug-likeness (QED) is 0.646. The number of imidazole rings is 1. The number of halogens is 1. The van der Waals surface area contributed by atoms with Crippen molar-refractivity contribution < 1.29 is 9.53 Å². The van der Waals surface area contributed by atoms with Crippen LogP contribution in [0.4, 0.5) is 0 Å². The normalized spacial score (nSPS) is 13.0. The van der Waals surface area contributed by atoms with Crippen molar-refractivity contribution in [2.24, 2.45) is 0 Å². The van der Waals surface area contributed by atoms with Gasteiger partial charge in [-0.25, -0.2) is 9.78 Å². The Kier molecular flexibility index (Phi) is 3.93. The van der Waals surface area contributed by atoms with E-state index in [0.29, 0.717) is 5.69 Å². The zero-order valence-electron chi connectivity index (χ0n) is 12.9. The Bertz CT molecular complexity index is 882. The Balaban J connectivity index is 1.44. The maximum Gasteiger partial charge on any atom is 0.358 e. The monoisotopic (exact) mass is 386 g/mol. The third kappa shape index (κ3) is 2.87. The van der Waals surface area contributed by atoms with Crippen molar-refractivity contribution >= 4 is 21.9 Å². The Hall–Kier alpha value is -2.41. The topological polar surface area (TPSA) is 61.9 Å². The van der Waals surface area contributed by atoms with Crippen molar-refractivity contribution in [1.82, 2.24) is 19.3 Å². The minimum atomic E-state index is -0.427. The lowest BCUT2D eigenvalue weighted by molar-refractivity contribution is 0.0465. The highest BCUT2D eigenvalue weighted by molar-refractivity contribution is 9.10. The Labute approximate surface area is 147 Å². The van der Waals surface area contributed by atoms with Crippen LogP contribution < -0.4 is 0 Å². The molecule has 3 heterocycles. The number of fused-ring (bicyclic) bond motifs is 1. The highest BCUT2D eigenvalue weighted by Crippen LogP contribution is 2.19. The number of carbonyl (C=O) groups excluding carboxylic acids is 1. The summed E-state index contributed by atoms with van der Waals surface area (Å²) in [6.45, 7) is 1.18. The van der Waals surface area contributed by atoms with Crippen LogP contribution in [0, 0.1) is 0 Å². The maximum atomic E-state index is 12.2. The molecule has 0 aliphatic carbocycles. The lowest BCUT2D eigenvalue weighted by atomic mass is 10.2. The minimum absolute atomic E-state index is 0.235. The molecule has 2 aromatic heterocycles. The molecule has 0 bridgehead atoms. The smallest absolute Gasteiger partial charge is 0.358 e. The van der Waals surface area contributed by atoms with Crippen LogP contribution in [0.25, 0.3) is 5.69 Å². The summed E-state index contributed by atoms with van der Waals surface area (Å²) in [5.41, 5.74) is 3.37. The van der Waals surface area contributed by atoms with Gasteiger partial charge in [-0.15, -0.1) is 0 Å². The molecule has 0 saturated heterocycles. The molecule has 0 spiro atoms. The summed E-state index contributed by atoms with van der Waals surface area (Å²) in [6.07, 6.45) is 7.15. The zero-order valence-corrected chi connectivity index (χ0v) is 14.4. The number of aryl methyl sites for hydroxylation is 1. The minimum Gasteiger partial charge on any atom is -0.456 e. The third-order valence-electron chi connectivity index (χ3n) is 4.09. The summed E-state index contributed by atoms with van der Waals surface area (Å²) in [7, 11) is 0. The number of hydrogen-bond donors (Lipinski definition) is 0. The van der Waals surface area contributed by atoms with Crippen LogP contribution in [0.15, 0.2) is 47.5 Å². The van der Waals surface area contributed by atoms with Gasteiger partial charge in [0, 0.05) is 34.2 Å². The number of ether oxygens (including phenoxy) is 1. The molecule has 7 heteroatoms. The third-order valence-corrected chi connectivity index (χ3v) is 4.62. The van der Waals surface area contributed by atoms with Gasteiger partial charge < -0.3 is 9.30 Å². The van der Waals surface area contributed by atoms with E-state index in [0.717, 1.165) is 35.1 Å². The predicted octanol–water partition coefficient (Wildman–Crippen LogP) is 3.13. The maximum absolute atomic E-state index is 12.2. The summed E-state index contributed by atoms with van der Waals surface area (Å²) in [6, 6.07) is 7.76. The van der Waals surface area contributed by atoms with Crippen molar-refractivity contribution in [2.75, 3.05) is 0 Å². The molecule has 3 aromatic rings. The second kappa shape index (κ2) is 6.24. The molecule has 0 fully saturated rings. The molecule has 0 N–H and O–H groups in total. The van der Waals surface area contributed by atoms with Gasteiger partial charge in [-0.2, -0.15) is 5.10 Å². The summed E-state index contributed by atoms with van der Waals surface area (Å²) in [5, 5.41) is 4.30. The second-order valence-corrected chi connectivity index (χ2v) is 6.58. The van der Waals surface area contributed by atoms with Gasteiger partial charge in [0.25, 0.3) is 0 Å². The average Bonchev–Trinajstić information content (AvgIpc) is 3.30. The number of carbonyl (C=O) groups is 1. The number of nitrogens with zero attached hydrogens (tertiary/aromatic N) is 4. The van der Waals surface area contributed by atoms with E-state index in [-0.39, 0.29) is 6.61 Å². The lowest BCUT2D eigenvalue weighted by Crippen LogP contribution is -2.06. The van der Waals surface area contributed by atoms with Crippen molar-refractivity contribution in [3.8, 4) is 5.69 Å². The molecule has 0 amide bonds. The van der Waals surface area contributed by atoms with Gasteiger partial charge in [-0.3, -0.25) is 4.68 Å². The van der Waals surface area contributed by atoms with Crippen LogP contribution in [-0.2, 0) is 24.3 Å². The Morgan fingerprint density at radius 1 is 1.29 bits per heavy atom. The van der Waals surface area contributed by atoms with E-state index >= 15 is 0 Å². The first-order valence-corrected chi connectivity index (χ1v) is 8.50. The van der Waals surface area contributed by atoms with E-state index in [1.165, 1.54) is 5.69 Å². The summed E-state index contributed by atoms with van der Waals surface area (Å²) < 4.78 is 10.2. The molecular formula is C17H15BrN4O2. The number of esters is 1. The van der Waals surface area contributed by atoms with Gasteiger partial charge in [0.15, 0.2) is 5.69 Å². The zero-order chi connectivity index (χ0) is 16.5. The highest BCUT2D eigenvalue weighted by atomic mass is 79.9. The van der Waals surface area contributed by atoms with E-state index < -0.39 is 5.97 Å². The first-order chi connectivity index (χ1) is 11.7. The molecular weight excluding hydrogens is 372 g/mol. The molecule has 0 saturated carbocycles. The van der Waals surface area contributed by atoms with E-state index in [1.807, 2.05) is 28.9 Å². The molecule has 24 heavy (non-hydrogen) atoms. The largest absolute Gasteiger partial charge is 0.456 e. The van der Waals surface area contributed by atoms with Crippen LogP contribution in [0.3, 0.4) is 0 Å². The Morgan fingerprint density at radius 3 is 2.96 bits per heavy atom. The molecule has 4 rings (SSSR count). The van der Waals surface area contributed by atoms with Crippen molar-refractivity contribution in [2.45, 2.75) is 26.0 Å². The van der Waals surface area contributed by atoms with E-state index in [2.05, 4.69) is 26.0 Å². The second-order valence-electron chi connectivity index (χ2n) is 5.66. The average molecular weight is 387 g/mol. The van der Waals surface area contributed by atoms with Gasteiger partial charge in [0.1, 0.15) is 12.9 Å². The van der Waals surface area contributed by atoms with Crippen molar-refractivity contribution in [3.63, 3.8) is 0 Å². The van der Waals surface area contributed by atoms with Gasteiger partial charge in [-0.05, 0) is 37.1 Å². The molecule has 0 radical (unpaired) electrons. The number of aromatic nitrogens is 4. The first kappa shape index (κ1) is 15.1. The molecule has 1 aliphatic rings. The van der Waals surface area contributed by atoms with Gasteiger partial charge in [0.05, 0.1) is 6.20 Å². The lowest BCUT2D eigenvalue weighted by Gasteiger charge is -2.03. The fourth-order valence-corrected chi connectivity index (χ4v) is 3.11. The highest BCUT2D eigenvalue weighted by Gasteiger charge is 2.18. The number of hydrogen-bond acceptors (Lipinski definition) is 4. The fourth-order valence-electron chi connectivity index (χ4n) is 2.85. The van der Waals surface area contributed by atoms with E-state index in [1.54, 1.807) is 23.3 Å². The van der Waals surface area contributed by atoms with Crippen molar-refractivity contribution in [1.29, 1.82) is 0 Å². The number of benzene rings is 1. The van der Waals surface area contributed by atoms with E-state index in [9.17, 15) is 4.79 Å². The molecule has 0 atom stereocenters. The molecule has 1 aliphatic heterocycles. The van der Waals surface area contributed by atoms with Crippen LogP contribution in [0.5, 0.6) is 0 Å². The molecule has 0 unspecified atom stereocenters. The van der Waals surface area contributed by atoms with Crippen LogP contribution in [-0.4, -0.2) is 25.3 Å². The van der Waals surface area contributed by atoms with Crippen molar-refractivity contribution in [3.05, 3.63) is 64.4 Å². The summed E-state index contributed by atoms with van der Waals surface area (Å²) in [4.78, 5) is 16.3. The first-order valence-electron chi connectivity index (χ1n) is 7.71. The molecule has 122 valence electrons. The van der Waals surface area contributed by atoms with E-state index in [4.69, 9.17) is 4.74 Å². The van der Waals surface area contributed by atoms with Gasteiger partial charge in [-0.1, -0.05) is 15.9 Å². The Morgan fingerprint density at radius 2 is 2.12 bits per heavy atom. The molecule has 1 aromatic carbocycles. The standard InChI is InChI=1S/C17H15BrN4O2/c18-13-3-5-14(6-4-13)21-9-15(19-11-21)17(23)24-10-12-8-20-22-7-1-2-16(12)22/h3-6,8-9,11H,1-2,7,10H2. The molecule has 6 nitrogen and oxygen atoms in total. The summed E-state index contributed by atoms with van der Waals surface area (Å²) >= 11 is 3.40. The number of rotatable bonds is 4. The van der Waals surface area contributed by atoms with Crippen LogP contribution >= 0.6 is 15.9 Å². The predicted molar refractivity (Wildman–Crippen MR) is 90.9 cm³/mol. The SMILES string of the molecule is O=C(OCc1cnn2c1CCC2)c1cn(-c2ccc(Br)cc2)cn1. The van der Waals surface area contributed by atoms with Gasteiger partial charge >= 0.3 is 5.97 Å². The summed E-state index contributed by atoms with van der Waals surface area (Å²) in [5.74, 6) is -0.427. The van der Waals surface area contributed by atoms with Crippen LogP contribution in [0.1, 0.15) is 28.2 Å². The van der Waals surface area contributed by atoms with Gasteiger partial charge in [0.2, 0.25) is 0 Å². The fraction of sp³-hybridized carbons (Fsp3) is 0.235. The van der Waals surface area contributed by atoms with Crippen LogP contribution in [0.2, 0.25) is 0 Å².